The van der Waals surface area contributed by atoms with E-state index in [9.17, 15) is 5.11 Å². The third kappa shape index (κ3) is 1.48. The minimum Gasteiger partial charge on any atom is -0.508 e. The van der Waals surface area contributed by atoms with Gasteiger partial charge in [0, 0.05) is 10.1 Å². The fourth-order valence-corrected chi connectivity index (χ4v) is 2.70. The molecule has 78 valence electrons. The predicted molar refractivity (Wildman–Crippen MR) is 68.9 cm³/mol. The molecule has 0 atom stereocenters. The lowest BCUT2D eigenvalue weighted by molar-refractivity contribution is 0.475. The third-order valence-electron chi connectivity index (χ3n) is 2.67. The number of aromatic hydroxyl groups is 1. The van der Waals surface area contributed by atoms with Crippen LogP contribution >= 0.6 is 11.3 Å². The van der Waals surface area contributed by atoms with E-state index in [1.165, 1.54) is 15.6 Å². The largest absolute Gasteiger partial charge is 0.508 e. The average Bonchev–Trinajstić information content (AvgIpc) is 2.78. The number of rotatable bonds is 1. The van der Waals surface area contributed by atoms with Crippen LogP contribution in [-0.4, -0.2) is 5.11 Å². The van der Waals surface area contributed by atoms with Crippen LogP contribution in [0, 0.1) is 0 Å². The van der Waals surface area contributed by atoms with Crippen molar-refractivity contribution in [2.45, 2.75) is 0 Å². The average molecular weight is 226 g/mol. The molecule has 1 nitrogen and oxygen atoms in total. The molecule has 0 unspecified atom stereocenters. The summed E-state index contributed by atoms with van der Waals surface area (Å²) in [4.78, 5) is 0. The maximum atomic E-state index is 9.28. The number of fused-ring (bicyclic) bond motifs is 1. The number of phenolic OH excluding ortho intramolecular Hbond substituents is 1. The fraction of sp³-hybridized carbons (Fsp3) is 0. The lowest BCUT2D eigenvalue weighted by atomic mass is 10.0. The normalized spacial score (nSPS) is 10.8. The van der Waals surface area contributed by atoms with Crippen molar-refractivity contribution >= 4 is 21.4 Å². The lowest BCUT2D eigenvalue weighted by Gasteiger charge is -2.03. The summed E-state index contributed by atoms with van der Waals surface area (Å²) in [6.07, 6.45) is 0. The predicted octanol–water partition coefficient (Wildman–Crippen LogP) is 4.27. The van der Waals surface area contributed by atoms with Crippen LogP contribution in [0.4, 0.5) is 0 Å². The van der Waals surface area contributed by atoms with Gasteiger partial charge in [-0.05, 0) is 40.8 Å². The Morgan fingerprint density at radius 1 is 0.875 bits per heavy atom. The number of phenols is 1. The molecule has 0 fully saturated rings. The number of benzene rings is 2. The van der Waals surface area contributed by atoms with Gasteiger partial charge in [-0.1, -0.05) is 24.3 Å². The van der Waals surface area contributed by atoms with Crippen molar-refractivity contribution in [3.05, 3.63) is 53.9 Å². The summed E-state index contributed by atoms with van der Waals surface area (Å²) in [5, 5.41) is 12.7. The zero-order valence-electron chi connectivity index (χ0n) is 8.55. The molecule has 0 aliphatic rings. The Kier molecular flexibility index (Phi) is 2.15. The lowest BCUT2D eigenvalue weighted by Crippen LogP contribution is -1.77. The van der Waals surface area contributed by atoms with Gasteiger partial charge in [-0.15, -0.1) is 11.3 Å². The monoisotopic (exact) mass is 226 g/mol. The third-order valence-corrected chi connectivity index (χ3v) is 3.56. The van der Waals surface area contributed by atoms with Crippen molar-refractivity contribution in [3.63, 3.8) is 0 Å². The van der Waals surface area contributed by atoms with Gasteiger partial charge in [-0.3, -0.25) is 0 Å². The molecule has 3 rings (SSSR count). The Morgan fingerprint density at radius 3 is 2.50 bits per heavy atom. The molecule has 0 saturated heterocycles. The smallest absolute Gasteiger partial charge is 0.115 e. The Hall–Kier alpha value is -1.80. The SMILES string of the molecule is Oc1ccc(-c2cccc3sccc23)cc1. The second kappa shape index (κ2) is 3.65. The zero-order chi connectivity index (χ0) is 11.0. The highest BCUT2D eigenvalue weighted by molar-refractivity contribution is 7.17. The van der Waals surface area contributed by atoms with E-state index in [4.69, 9.17) is 0 Å². The molecule has 0 aliphatic carbocycles. The van der Waals surface area contributed by atoms with Crippen LogP contribution in [0.3, 0.4) is 0 Å². The van der Waals surface area contributed by atoms with Gasteiger partial charge >= 0.3 is 0 Å². The molecule has 1 aromatic heterocycles. The fourth-order valence-electron chi connectivity index (χ4n) is 1.89. The van der Waals surface area contributed by atoms with E-state index in [2.05, 4.69) is 29.6 Å². The van der Waals surface area contributed by atoms with Crippen LogP contribution in [0.1, 0.15) is 0 Å². The molecule has 16 heavy (non-hydrogen) atoms. The number of hydrogen-bond donors (Lipinski definition) is 1. The van der Waals surface area contributed by atoms with Crippen LogP contribution in [0.5, 0.6) is 5.75 Å². The molecule has 0 bridgehead atoms. The maximum absolute atomic E-state index is 9.28. The summed E-state index contributed by atoms with van der Waals surface area (Å²) in [5.74, 6) is 0.307. The van der Waals surface area contributed by atoms with E-state index >= 15 is 0 Å². The van der Waals surface area contributed by atoms with Gasteiger partial charge in [-0.25, -0.2) is 0 Å². The van der Waals surface area contributed by atoms with Gasteiger partial charge in [0.2, 0.25) is 0 Å². The first-order chi connectivity index (χ1) is 7.84. The van der Waals surface area contributed by atoms with Crippen LogP contribution < -0.4 is 0 Å². The summed E-state index contributed by atoms with van der Waals surface area (Å²) in [5.41, 5.74) is 2.36. The molecule has 0 spiro atoms. The maximum Gasteiger partial charge on any atom is 0.115 e. The van der Waals surface area contributed by atoms with Gasteiger partial charge in [0.25, 0.3) is 0 Å². The number of thiophene rings is 1. The van der Waals surface area contributed by atoms with Crippen molar-refractivity contribution in [2.75, 3.05) is 0 Å². The van der Waals surface area contributed by atoms with E-state index in [-0.39, 0.29) is 0 Å². The van der Waals surface area contributed by atoms with Gasteiger partial charge < -0.3 is 5.11 Å². The molecule has 0 aliphatic heterocycles. The highest BCUT2D eigenvalue weighted by Crippen LogP contribution is 2.32. The molecule has 0 radical (unpaired) electrons. The van der Waals surface area contributed by atoms with Crippen molar-refractivity contribution < 1.29 is 5.11 Å². The summed E-state index contributed by atoms with van der Waals surface area (Å²) < 4.78 is 1.30. The highest BCUT2D eigenvalue weighted by atomic mass is 32.1. The first-order valence-corrected chi connectivity index (χ1v) is 5.98. The molecule has 0 saturated carbocycles. The molecule has 1 heterocycles. The first kappa shape index (κ1) is 9.43. The summed E-state index contributed by atoms with van der Waals surface area (Å²) in [6, 6.07) is 15.8. The minimum absolute atomic E-state index is 0.307. The van der Waals surface area contributed by atoms with E-state index in [0.29, 0.717) is 5.75 Å². The van der Waals surface area contributed by atoms with Crippen molar-refractivity contribution in [3.8, 4) is 16.9 Å². The summed E-state index contributed by atoms with van der Waals surface area (Å²) in [7, 11) is 0. The molecular formula is C14H10OS. The molecule has 3 aromatic rings. The van der Waals surface area contributed by atoms with Gasteiger partial charge in [0.05, 0.1) is 0 Å². The van der Waals surface area contributed by atoms with Crippen molar-refractivity contribution in [2.24, 2.45) is 0 Å². The molecular weight excluding hydrogens is 216 g/mol. The Morgan fingerprint density at radius 2 is 1.69 bits per heavy atom. The van der Waals surface area contributed by atoms with E-state index in [1.54, 1.807) is 23.5 Å². The first-order valence-electron chi connectivity index (χ1n) is 5.10. The van der Waals surface area contributed by atoms with E-state index in [0.717, 1.165) is 5.56 Å². The number of hydrogen-bond acceptors (Lipinski definition) is 2. The standard InChI is InChI=1S/C14H10OS/c15-11-6-4-10(5-7-11)12-2-1-3-14-13(12)8-9-16-14/h1-9,15H. The minimum atomic E-state index is 0.307. The van der Waals surface area contributed by atoms with Crippen molar-refractivity contribution in [1.82, 2.24) is 0 Å². The molecule has 2 aromatic carbocycles. The summed E-state index contributed by atoms with van der Waals surface area (Å²) in [6.45, 7) is 0. The topological polar surface area (TPSA) is 20.2 Å². The second-order valence-corrected chi connectivity index (χ2v) is 4.63. The molecule has 2 heteroatoms. The quantitative estimate of drug-likeness (QED) is 0.656. The van der Waals surface area contributed by atoms with Crippen molar-refractivity contribution in [1.29, 1.82) is 0 Å². The van der Waals surface area contributed by atoms with Crippen LogP contribution in [0.2, 0.25) is 0 Å². The van der Waals surface area contributed by atoms with Gasteiger partial charge in [0.1, 0.15) is 5.75 Å². The molecule has 0 amide bonds. The Bertz CT molecular complexity index is 623. The highest BCUT2D eigenvalue weighted by Gasteiger charge is 2.03. The van der Waals surface area contributed by atoms with E-state index < -0.39 is 0 Å². The van der Waals surface area contributed by atoms with E-state index in [1.807, 2.05) is 12.1 Å². The Balaban J connectivity index is 2.25. The van der Waals surface area contributed by atoms with Gasteiger partial charge in [-0.2, -0.15) is 0 Å². The second-order valence-electron chi connectivity index (χ2n) is 3.68. The van der Waals surface area contributed by atoms with Crippen LogP contribution in [-0.2, 0) is 0 Å². The summed E-state index contributed by atoms with van der Waals surface area (Å²) >= 11 is 1.75. The van der Waals surface area contributed by atoms with Crippen LogP contribution in [0.25, 0.3) is 21.2 Å². The molecule has 1 N–H and O–H groups in total. The van der Waals surface area contributed by atoms with Gasteiger partial charge in [0.15, 0.2) is 0 Å². The van der Waals surface area contributed by atoms with Crippen LogP contribution in [0.15, 0.2) is 53.9 Å². The zero-order valence-corrected chi connectivity index (χ0v) is 9.37. The Labute approximate surface area is 97.6 Å².